The van der Waals surface area contributed by atoms with Gasteiger partial charge in [0.1, 0.15) is 17.3 Å². The third-order valence-corrected chi connectivity index (χ3v) is 5.73. The minimum Gasteiger partial charge on any atom is -0.378 e. The summed E-state index contributed by atoms with van der Waals surface area (Å²) in [4.78, 5) is 34.1. The minimum absolute atomic E-state index is 0.0631. The van der Waals surface area contributed by atoms with Crippen molar-refractivity contribution in [1.29, 1.82) is 0 Å². The van der Waals surface area contributed by atoms with E-state index in [1.807, 2.05) is 0 Å². The van der Waals surface area contributed by atoms with Crippen LogP contribution in [0.2, 0.25) is 0 Å². The average Bonchev–Trinajstić information content (AvgIpc) is 2.90. The van der Waals surface area contributed by atoms with E-state index in [2.05, 4.69) is 20.6 Å². The Bertz CT molecular complexity index is 1490. The molecule has 2 N–H and O–H groups in total. The van der Waals surface area contributed by atoms with Crippen LogP contribution in [0.15, 0.2) is 60.8 Å². The van der Waals surface area contributed by atoms with E-state index in [4.69, 9.17) is 4.74 Å². The van der Waals surface area contributed by atoms with Gasteiger partial charge in [0.2, 0.25) is 5.78 Å². The standard InChI is InChI=1S/C26H19F3N4O3/c27-16-3-1-2-15(8-16)26(35)33-20-11-17(28)10-18(24(20)29)25(34)21-9-14-4-5-19(32-22(14)12-31-21)23-13-36-7-6-30-23/h1-5,8-12,23,30H,6-7,13H2,(H,33,35). The number of morpholine rings is 1. The molecule has 4 aromatic rings. The van der Waals surface area contributed by atoms with Crippen molar-refractivity contribution < 1.29 is 27.5 Å². The van der Waals surface area contributed by atoms with Crippen LogP contribution in [-0.2, 0) is 4.74 Å². The summed E-state index contributed by atoms with van der Waals surface area (Å²) in [6.07, 6.45) is 1.39. The van der Waals surface area contributed by atoms with E-state index in [-0.39, 0.29) is 17.3 Å². The molecule has 3 heterocycles. The number of rotatable bonds is 5. The Morgan fingerprint density at radius 2 is 1.89 bits per heavy atom. The smallest absolute Gasteiger partial charge is 0.255 e. The Morgan fingerprint density at radius 3 is 2.67 bits per heavy atom. The molecule has 7 nitrogen and oxygen atoms in total. The van der Waals surface area contributed by atoms with Crippen molar-refractivity contribution in [2.45, 2.75) is 6.04 Å². The zero-order valence-electron chi connectivity index (χ0n) is 18.7. The number of amides is 1. The lowest BCUT2D eigenvalue weighted by Crippen LogP contribution is -2.35. The molecular formula is C26H19F3N4O3. The monoisotopic (exact) mass is 492 g/mol. The van der Waals surface area contributed by atoms with Gasteiger partial charge in [-0.2, -0.15) is 0 Å². The van der Waals surface area contributed by atoms with Crippen molar-refractivity contribution in [1.82, 2.24) is 15.3 Å². The van der Waals surface area contributed by atoms with Gasteiger partial charge < -0.3 is 15.4 Å². The van der Waals surface area contributed by atoms with Gasteiger partial charge in [-0.15, -0.1) is 0 Å². The number of hydrogen-bond donors (Lipinski definition) is 2. The van der Waals surface area contributed by atoms with Gasteiger partial charge in [-0.1, -0.05) is 12.1 Å². The highest BCUT2D eigenvalue weighted by molar-refractivity contribution is 6.10. The second kappa shape index (κ2) is 9.84. The zero-order valence-corrected chi connectivity index (χ0v) is 18.7. The lowest BCUT2D eigenvalue weighted by atomic mass is 10.0. The molecule has 1 aliphatic heterocycles. The highest BCUT2D eigenvalue weighted by atomic mass is 19.1. The summed E-state index contributed by atoms with van der Waals surface area (Å²) in [6.45, 7) is 1.82. The molecule has 10 heteroatoms. The lowest BCUT2D eigenvalue weighted by molar-refractivity contribution is 0.0757. The van der Waals surface area contributed by atoms with Crippen molar-refractivity contribution in [2.24, 2.45) is 0 Å². The zero-order chi connectivity index (χ0) is 25.2. The lowest BCUT2D eigenvalue weighted by Gasteiger charge is -2.23. The predicted octanol–water partition coefficient (Wildman–Crippen LogP) is 4.19. The number of anilines is 1. The Balaban J connectivity index is 1.42. The fraction of sp³-hybridized carbons (Fsp3) is 0.154. The predicted molar refractivity (Wildman–Crippen MR) is 125 cm³/mol. The second-order valence-corrected chi connectivity index (χ2v) is 8.19. The maximum Gasteiger partial charge on any atom is 0.255 e. The largest absolute Gasteiger partial charge is 0.378 e. The van der Waals surface area contributed by atoms with Crippen molar-refractivity contribution >= 4 is 28.3 Å². The molecule has 182 valence electrons. The maximum absolute atomic E-state index is 15.2. The van der Waals surface area contributed by atoms with Crippen LogP contribution in [0.1, 0.15) is 38.1 Å². The molecule has 36 heavy (non-hydrogen) atoms. The van der Waals surface area contributed by atoms with E-state index in [1.54, 1.807) is 12.1 Å². The number of fused-ring (bicyclic) bond motifs is 1. The Labute approximate surface area is 203 Å². The van der Waals surface area contributed by atoms with Crippen molar-refractivity contribution in [3.05, 3.63) is 101 Å². The van der Waals surface area contributed by atoms with Crippen LogP contribution in [0, 0.1) is 17.5 Å². The molecule has 0 saturated carbocycles. The molecule has 0 aliphatic carbocycles. The van der Waals surface area contributed by atoms with E-state index < -0.39 is 40.4 Å². The number of benzene rings is 2. The van der Waals surface area contributed by atoms with Gasteiger partial charge in [0.05, 0.1) is 47.9 Å². The first-order valence-corrected chi connectivity index (χ1v) is 11.1. The van der Waals surface area contributed by atoms with Crippen LogP contribution < -0.4 is 10.6 Å². The Morgan fingerprint density at radius 1 is 1.03 bits per heavy atom. The number of halogens is 3. The van der Waals surface area contributed by atoms with Crippen LogP contribution in [0.25, 0.3) is 10.9 Å². The topological polar surface area (TPSA) is 93.2 Å². The highest BCUT2D eigenvalue weighted by Gasteiger charge is 2.22. The summed E-state index contributed by atoms with van der Waals surface area (Å²) in [5.74, 6) is -4.47. The second-order valence-electron chi connectivity index (χ2n) is 8.19. The number of hydrogen-bond acceptors (Lipinski definition) is 6. The third kappa shape index (κ3) is 4.81. The molecule has 1 atom stereocenters. The summed E-state index contributed by atoms with van der Waals surface area (Å²) in [5.41, 5.74) is -0.0868. The van der Waals surface area contributed by atoms with Gasteiger partial charge in [-0.3, -0.25) is 14.6 Å². The quantitative estimate of drug-likeness (QED) is 0.406. The highest BCUT2D eigenvalue weighted by Crippen LogP contribution is 2.25. The van der Waals surface area contributed by atoms with Gasteiger partial charge in [0, 0.05) is 23.6 Å². The number of pyridine rings is 2. The first-order valence-electron chi connectivity index (χ1n) is 11.1. The summed E-state index contributed by atoms with van der Waals surface area (Å²) < 4.78 is 48.4. The third-order valence-electron chi connectivity index (χ3n) is 5.73. The normalized spacial score (nSPS) is 15.6. The van der Waals surface area contributed by atoms with Gasteiger partial charge in [0.25, 0.3) is 5.91 Å². The number of carbonyl (C=O) groups is 2. The molecular weight excluding hydrogens is 473 g/mol. The van der Waals surface area contributed by atoms with Gasteiger partial charge >= 0.3 is 0 Å². The summed E-state index contributed by atoms with van der Waals surface area (Å²) in [7, 11) is 0. The fourth-order valence-corrected chi connectivity index (χ4v) is 3.92. The van der Waals surface area contributed by atoms with Crippen LogP contribution in [0.5, 0.6) is 0 Å². The van der Waals surface area contributed by atoms with E-state index >= 15 is 4.39 Å². The molecule has 2 aromatic carbocycles. The Hall–Kier alpha value is -4.15. The molecule has 5 rings (SSSR count). The molecule has 0 spiro atoms. The van der Waals surface area contributed by atoms with E-state index in [0.717, 1.165) is 30.0 Å². The number of ether oxygens (including phenoxy) is 1. The van der Waals surface area contributed by atoms with E-state index in [0.29, 0.717) is 30.7 Å². The molecule has 1 aliphatic rings. The SMILES string of the molecule is O=C(Nc1cc(F)cc(C(=O)c2cc3ccc(C4COCCN4)nc3cn2)c1F)c1cccc(F)c1. The molecule has 2 aromatic heterocycles. The summed E-state index contributed by atoms with van der Waals surface area (Å²) in [5, 5.41) is 6.08. The first-order chi connectivity index (χ1) is 17.4. The molecule has 1 amide bonds. The van der Waals surface area contributed by atoms with E-state index in [9.17, 15) is 18.4 Å². The van der Waals surface area contributed by atoms with Gasteiger partial charge in [0.15, 0.2) is 5.82 Å². The molecule has 0 radical (unpaired) electrons. The van der Waals surface area contributed by atoms with Crippen LogP contribution in [0.3, 0.4) is 0 Å². The fourth-order valence-electron chi connectivity index (χ4n) is 3.92. The van der Waals surface area contributed by atoms with Crippen molar-refractivity contribution in [3.8, 4) is 0 Å². The van der Waals surface area contributed by atoms with Gasteiger partial charge in [-0.05, 0) is 36.4 Å². The minimum atomic E-state index is -1.13. The number of aromatic nitrogens is 2. The number of ketones is 1. The number of nitrogens with one attached hydrogen (secondary N) is 2. The Kier molecular flexibility index (Phi) is 6.45. The summed E-state index contributed by atoms with van der Waals surface area (Å²) >= 11 is 0. The van der Waals surface area contributed by atoms with Crippen LogP contribution in [-0.4, -0.2) is 41.4 Å². The number of nitrogens with zero attached hydrogens (tertiary/aromatic N) is 2. The van der Waals surface area contributed by atoms with Crippen molar-refractivity contribution in [2.75, 3.05) is 25.1 Å². The van der Waals surface area contributed by atoms with Crippen LogP contribution >= 0.6 is 0 Å². The molecule has 0 bridgehead atoms. The molecule has 1 fully saturated rings. The average molecular weight is 492 g/mol. The summed E-state index contributed by atoms with van der Waals surface area (Å²) in [6, 6.07) is 11.1. The number of carbonyl (C=O) groups excluding carboxylic acids is 2. The molecule has 1 saturated heterocycles. The maximum atomic E-state index is 15.2. The van der Waals surface area contributed by atoms with E-state index in [1.165, 1.54) is 24.4 Å². The van der Waals surface area contributed by atoms with Crippen molar-refractivity contribution in [3.63, 3.8) is 0 Å². The first kappa shape index (κ1) is 23.6. The van der Waals surface area contributed by atoms with Gasteiger partial charge in [-0.25, -0.2) is 18.2 Å². The molecule has 1 unspecified atom stereocenters. The van der Waals surface area contributed by atoms with Crippen LogP contribution in [0.4, 0.5) is 18.9 Å².